The summed E-state index contributed by atoms with van der Waals surface area (Å²) in [6.45, 7) is 3.00. The Morgan fingerprint density at radius 2 is 2.12 bits per heavy atom. The van der Waals surface area contributed by atoms with Crippen molar-refractivity contribution >= 4 is 17.4 Å². The number of nitrogens with zero attached hydrogens (tertiary/aromatic N) is 2. The zero-order valence-electron chi connectivity index (χ0n) is 15.6. The molecule has 1 aromatic carbocycles. The zero-order valence-corrected chi connectivity index (χ0v) is 16.4. The third kappa shape index (κ3) is 4.87. The van der Waals surface area contributed by atoms with E-state index in [-0.39, 0.29) is 17.9 Å². The first-order valence-corrected chi connectivity index (χ1v) is 10.0. The van der Waals surface area contributed by atoms with Crippen LogP contribution < -0.4 is 15.8 Å². The van der Waals surface area contributed by atoms with Crippen LogP contribution >= 0.6 is 11.8 Å². The van der Waals surface area contributed by atoms with Gasteiger partial charge in [-0.2, -0.15) is 0 Å². The summed E-state index contributed by atoms with van der Waals surface area (Å²) in [5, 5.41) is 2.91. The molecular formula is C19H27N4O2S+. The van der Waals surface area contributed by atoms with E-state index in [1.807, 2.05) is 14.1 Å². The second-order valence-corrected chi connectivity index (χ2v) is 7.75. The third-order valence-electron chi connectivity index (χ3n) is 4.38. The van der Waals surface area contributed by atoms with Crippen LogP contribution in [0.2, 0.25) is 0 Å². The lowest BCUT2D eigenvalue weighted by Crippen LogP contribution is -2.82. The lowest BCUT2D eigenvalue weighted by molar-refractivity contribution is -0.697. The van der Waals surface area contributed by atoms with Gasteiger partial charge in [-0.25, -0.2) is 4.98 Å². The number of quaternary nitrogens is 1. The van der Waals surface area contributed by atoms with Crippen LogP contribution in [0.1, 0.15) is 30.8 Å². The highest BCUT2D eigenvalue weighted by Gasteiger charge is 2.30. The number of ether oxygens (including phenoxy) is 1. The van der Waals surface area contributed by atoms with Gasteiger partial charge in [0.05, 0.1) is 0 Å². The van der Waals surface area contributed by atoms with Crippen molar-refractivity contribution in [2.24, 2.45) is 0 Å². The van der Waals surface area contributed by atoms with Gasteiger partial charge in [0, 0.05) is 42.9 Å². The fourth-order valence-electron chi connectivity index (χ4n) is 2.99. The number of hydrogen-bond acceptors (Lipinski definition) is 5. The minimum atomic E-state index is -0.0799. The molecule has 1 aliphatic rings. The highest BCUT2D eigenvalue weighted by atomic mass is 32.2. The fraction of sp³-hybridized carbons (Fsp3) is 0.474. The average molecular weight is 376 g/mol. The van der Waals surface area contributed by atoms with Crippen molar-refractivity contribution in [3.8, 4) is 0 Å². The van der Waals surface area contributed by atoms with Crippen LogP contribution in [0.15, 0.2) is 40.3 Å². The molecule has 1 fully saturated rings. The predicted molar refractivity (Wildman–Crippen MR) is 105 cm³/mol. The Morgan fingerprint density at radius 1 is 1.35 bits per heavy atom. The summed E-state index contributed by atoms with van der Waals surface area (Å²) < 4.78 is 6.17. The van der Waals surface area contributed by atoms with Crippen molar-refractivity contribution in [2.45, 2.75) is 37.3 Å². The van der Waals surface area contributed by atoms with Crippen molar-refractivity contribution in [3.05, 3.63) is 51.9 Å². The Morgan fingerprint density at radius 3 is 2.81 bits per heavy atom. The minimum Gasteiger partial charge on any atom is -0.378 e. The molecule has 6 nitrogen and oxygen atoms in total. The maximum Gasteiger partial charge on any atom is 0.251 e. The molecule has 0 radical (unpaired) electrons. The number of aromatic nitrogens is 2. The summed E-state index contributed by atoms with van der Waals surface area (Å²) in [5.74, 6) is 0.779. The molecule has 7 heteroatoms. The molecule has 1 saturated heterocycles. The molecule has 0 spiro atoms. The Labute approximate surface area is 158 Å². The molecule has 26 heavy (non-hydrogen) atoms. The molecule has 0 saturated carbocycles. The standard InChI is InChI=1S/C19H26N4O2S/c1-4-5-14-10-17(24)22-19(21-14)26-12-16-11-20-18(25-16)13-6-8-15(9-7-13)23(2)3/h6-10,16,18,20H,4-5,11-12H2,1-3H3,(H,21,22,24)/p+1/t16-,18+/m1/s1. The van der Waals surface area contributed by atoms with Gasteiger partial charge < -0.3 is 19.9 Å². The van der Waals surface area contributed by atoms with Crippen LogP contribution in [-0.4, -0.2) is 42.5 Å². The van der Waals surface area contributed by atoms with Gasteiger partial charge in [-0.1, -0.05) is 25.1 Å². The molecule has 0 amide bonds. The van der Waals surface area contributed by atoms with Gasteiger partial charge in [0.15, 0.2) is 5.16 Å². The van der Waals surface area contributed by atoms with Crippen molar-refractivity contribution in [1.29, 1.82) is 0 Å². The Hall–Kier alpha value is -1.83. The SMILES string of the molecule is CCCc1cc(=O)[nH]c(SC[C@H]2C[NH2+][C@H](c3ccc(N(C)C)cc3)O2)n1. The maximum absolute atomic E-state index is 11.7. The van der Waals surface area contributed by atoms with E-state index < -0.39 is 0 Å². The van der Waals surface area contributed by atoms with Crippen molar-refractivity contribution in [3.63, 3.8) is 0 Å². The van der Waals surface area contributed by atoms with E-state index in [0.717, 1.165) is 30.8 Å². The number of aromatic amines is 1. The van der Waals surface area contributed by atoms with Gasteiger partial charge in [0.1, 0.15) is 12.6 Å². The third-order valence-corrected chi connectivity index (χ3v) is 5.38. The van der Waals surface area contributed by atoms with Crippen LogP contribution in [-0.2, 0) is 11.2 Å². The number of thioether (sulfide) groups is 1. The second kappa shape index (κ2) is 8.70. The first kappa shape index (κ1) is 18.9. The number of hydrogen-bond donors (Lipinski definition) is 2. The summed E-state index contributed by atoms with van der Waals surface area (Å²) in [7, 11) is 4.07. The highest BCUT2D eigenvalue weighted by Crippen LogP contribution is 2.22. The normalized spacial score (nSPS) is 19.7. The van der Waals surface area contributed by atoms with E-state index in [4.69, 9.17) is 4.74 Å². The summed E-state index contributed by atoms with van der Waals surface area (Å²) >= 11 is 1.56. The van der Waals surface area contributed by atoms with Gasteiger partial charge in [0.2, 0.25) is 6.23 Å². The molecule has 2 atom stereocenters. The quantitative estimate of drug-likeness (QED) is 0.567. The number of anilines is 1. The maximum atomic E-state index is 11.7. The van der Waals surface area contributed by atoms with E-state index in [2.05, 4.69) is 51.4 Å². The number of rotatable bonds is 7. The van der Waals surface area contributed by atoms with Crippen LogP contribution in [0.5, 0.6) is 0 Å². The Balaban J connectivity index is 1.55. The number of nitrogens with one attached hydrogen (secondary N) is 1. The van der Waals surface area contributed by atoms with Crippen molar-refractivity contribution in [1.82, 2.24) is 9.97 Å². The summed E-state index contributed by atoms with van der Waals surface area (Å²) in [6, 6.07) is 10.1. The molecule has 3 N–H and O–H groups in total. The Kier molecular flexibility index (Phi) is 6.34. The number of benzene rings is 1. The van der Waals surface area contributed by atoms with Crippen molar-refractivity contribution < 1.29 is 10.1 Å². The molecule has 140 valence electrons. The number of H-pyrrole nitrogens is 1. The second-order valence-electron chi connectivity index (χ2n) is 6.74. The summed E-state index contributed by atoms with van der Waals surface area (Å²) in [6.07, 6.45) is 1.99. The molecule has 0 unspecified atom stereocenters. The zero-order chi connectivity index (χ0) is 18.5. The van der Waals surface area contributed by atoms with E-state index >= 15 is 0 Å². The minimum absolute atomic E-state index is 0.0373. The molecule has 0 aliphatic carbocycles. The van der Waals surface area contributed by atoms with Gasteiger partial charge in [-0.3, -0.25) is 4.79 Å². The van der Waals surface area contributed by atoms with Gasteiger partial charge in [0.25, 0.3) is 5.56 Å². The monoisotopic (exact) mass is 375 g/mol. The topological polar surface area (TPSA) is 74.8 Å². The predicted octanol–water partition coefficient (Wildman–Crippen LogP) is 1.54. The van der Waals surface area contributed by atoms with Crippen LogP contribution in [0.25, 0.3) is 0 Å². The molecule has 0 bridgehead atoms. The van der Waals surface area contributed by atoms with Crippen molar-refractivity contribution in [2.75, 3.05) is 31.3 Å². The molecule has 3 rings (SSSR count). The first-order chi connectivity index (χ1) is 12.5. The summed E-state index contributed by atoms with van der Waals surface area (Å²) in [5.41, 5.74) is 3.14. The lowest BCUT2D eigenvalue weighted by atomic mass is 10.2. The average Bonchev–Trinajstić information content (AvgIpc) is 3.09. The Bertz CT molecular complexity index is 776. The molecule has 1 aromatic heterocycles. The van der Waals surface area contributed by atoms with Crippen LogP contribution in [0.4, 0.5) is 5.69 Å². The van der Waals surface area contributed by atoms with E-state index in [1.54, 1.807) is 17.8 Å². The van der Waals surface area contributed by atoms with E-state index in [9.17, 15) is 4.79 Å². The molecule has 2 heterocycles. The smallest absolute Gasteiger partial charge is 0.251 e. The summed E-state index contributed by atoms with van der Waals surface area (Å²) in [4.78, 5) is 21.2. The molecule has 2 aromatic rings. The number of aryl methyl sites for hydroxylation is 1. The highest BCUT2D eigenvalue weighted by molar-refractivity contribution is 7.99. The van der Waals surface area contributed by atoms with Crippen LogP contribution in [0, 0.1) is 0 Å². The first-order valence-electron chi connectivity index (χ1n) is 9.04. The molecular weight excluding hydrogens is 348 g/mol. The van der Waals surface area contributed by atoms with E-state index in [0.29, 0.717) is 5.16 Å². The number of nitrogens with two attached hydrogens (primary N) is 1. The lowest BCUT2D eigenvalue weighted by Gasteiger charge is -2.14. The van der Waals surface area contributed by atoms with Crippen LogP contribution in [0.3, 0.4) is 0 Å². The van der Waals surface area contributed by atoms with Gasteiger partial charge in [-0.15, -0.1) is 0 Å². The van der Waals surface area contributed by atoms with E-state index in [1.165, 1.54) is 11.3 Å². The van der Waals surface area contributed by atoms with Gasteiger partial charge >= 0.3 is 0 Å². The molecule has 1 aliphatic heterocycles. The fourth-order valence-corrected chi connectivity index (χ4v) is 3.90. The largest absolute Gasteiger partial charge is 0.378 e. The van der Waals surface area contributed by atoms with Gasteiger partial charge in [-0.05, 0) is 30.7 Å².